The first kappa shape index (κ1) is 20.3. The minimum Gasteiger partial charge on any atom is -0.493 e. The minimum atomic E-state index is 0.387. The van der Waals surface area contributed by atoms with E-state index in [-0.39, 0.29) is 0 Å². The van der Waals surface area contributed by atoms with Crippen LogP contribution in [0.5, 0.6) is 11.5 Å². The number of anilines is 1. The first-order valence-corrected chi connectivity index (χ1v) is 9.41. The number of oxazole rings is 1. The van der Waals surface area contributed by atoms with E-state index in [1.165, 1.54) is 5.56 Å². The molecule has 2 aromatic carbocycles. The van der Waals surface area contributed by atoms with Crippen LogP contribution in [-0.2, 0) is 6.54 Å². The van der Waals surface area contributed by atoms with E-state index in [1.807, 2.05) is 56.3 Å². The minimum absolute atomic E-state index is 0.387. The van der Waals surface area contributed by atoms with E-state index in [1.54, 1.807) is 20.5 Å². The molecule has 7 heteroatoms. The highest BCUT2D eigenvalue weighted by molar-refractivity contribution is 5.93. The fraction of sp³-hybridized carbons (Fsp3) is 0.273. The third-order valence-corrected chi connectivity index (χ3v) is 4.24. The van der Waals surface area contributed by atoms with Crippen LogP contribution in [0.3, 0.4) is 0 Å². The summed E-state index contributed by atoms with van der Waals surface area (Å²) in [5.41, 5.74) is 3.73. The number of ether oxygens (including phenoxy) is 2. The van der Waals surface area contributed by atoms with Crippen molar-refractivity contribution in [3.8, 4) is 23.0 Å². The van der Waals surface area contributed by atoms with Gasteiger partial charge in [-0.25, -0.2) is 9.98 Å². The summed E-state index contributed by atoms with van der Waals surface area (Å²) in [6, 6.07) is 13.7. The lowest BCUT2D eigenvalue weighted by molar-refractivity contribution is 0.355. The zero-order valence-electron chi connectivity index (χ0n) is 17.2. The van der Waals surface area contributed by atoms with Crippen LogP contribution in [0.25, 0.3) is 11.5 Å². The van der Waals surface area contributed by atoms with E-state index in [4.69, 9.17) is 13.9 Å². The van der Waals surface area contributed by atoms with Gasteiger partial charge in [0.05, 0.1) is 20.8 Å². The molecule has 3 aromatic rings. The molecule has 1 heterocycles. The highest BCUT2D eigenvalue weighted by Crippen LogP contribution is 2.29. The van der Waals surface area contributed by atoms with Crippen LogP contribution in [0.1, 0.15) is 18.2 Å². The maximum atomic E-state index is 5.61. The summed E-state index contributed by atoms with van der Waals surface area (Å²) in [5.74, 6) is 2.55. The summed E-state index contributed by atoms with van der Waals surface area (Å²) in [7, 11) is 3.22. The van der Waals surface area contributed by atoms with Crippen LogP contribution in [0, 0.1) is 6.92 Å². The van der Waals surface area contributed by atoms with Crippen molar-refractivity contribution in [2.24, 2.45) is 4.99 Å². The molecule has 0 amide bonds. The summed E-state index contributed by atoms with van der Waals surface area (Å²) in [5, 5.41) is 6.49. The molecular weight excluding hydrogens is 368 g/mol. The number of methoxy groups -OCH3 is 2. The predicted molar refractivity (Wildman–Crippen MR) is 115 cm³/mol. The number of hydrogen-bond donors (Lipinski definition) is 2. The molecule has 0 fully saturated rings. The summed E-state index contributed by atoms with van der Waals surface area (Å²) < 4.78 is 16.2. The molecule has 0 aliphatic rings. The Bertz CT molecular complexity index is 964. The van der Waals surface area contributed by atoms with Gasteiger partial charge in [0.25, 0.3) is 0 Å². The smallest absolute Gasteiger partial charge is 0.226 e. The number of nitrogens with one attached hydrogen (secondary N) is 2. The number of benzene rings is 2. The molecule has 1 aromatic heterocycles. The van der Waals surface area contributed by atoms with Gasteiger partial charge in [-0.15, -0.1) is 0 Å². The molecule has 0 saturated heterocycles. The van der Waals surface area contributed by atoms with Crippen LogP contribution in [-0.4, -0.2) is 31.7 Å². The Morgan fingerprint density at radius 1 is 1.07 bits per heavy atom. The molecular formula is C22H26N4O3. The second kappa shape index (κ2) is 9.64. The average molecular weight is 394 g/mol. The van der Waals surface area contributed by atoms with Crippen LogP contribution in [0.2, 0.25) is 0 Å². The Morgan fingerprint density at radius 3 is 2.52 bits per heavy atom. The van der Waals surface area contributed by atoms with Gasteiger partial charge in [-0.1, -0.05) is 17.7 Å². The second-order valence-corrected chi connectivity index (χ2v) is 6.40. The highest BCUT2D eigenvalue weighted by Gasteiger charge is 2.08. The maximum Gasteiger partial charge on any atom is 0.226 e. The number of guanidine groups is 1. The third kappa shape index (κ3) is 5.28. The molecule has 0 spiro atoms. The SMILES string of the molecule is CCNC(=NCc1coc(-c2ccc(C)cc2)n1)Nc1ccc(OC)c(OC)c1. The molecule has 2 N–H and O–H groups in total. The zero-order valence-corrected chi connectivity index (χ0v) is 17.2. The molecule has 7 nitrogen and oxygen atoms in total. The van der Waals surface area contributed by atoms with Gasteiger partial charge >= 0.3 is 0 Å². The van der Waals surface area contributed by atoms with Crippen molar-refractivity contribution in [3.63, 3.8) is 0 Å². The normalized spacial score (nSPS) is 11.2. The van der Waals surface area contributed by atoms with E-state index >= 15 is 0 Å². The quantitative estimate of drug-likeness (QED) is 0.461. The second-order valence-electron chi connectivity index (χ2n) is 6.40. The zero-order chi connectivity index (χ0) is 20.6. The van der Waals surface area contributed by atoms with Crippen LogP contribution >= 0.6 is 0 Å². The van der Waals surface area contributed by atoms with Crippen molar-refractivity contribution >= 4 is 11.6 Å². The van der Waals surface area contributed by atoms with Crippen LogP contribution < -0.4 is 20.1 Å². The fourth-order valence-electron chi connectivity index (χ4n) is 2.73. The standard InChI is InChI=1S/C22H26N4O3/c1-5-23-22(26-17-10-11-19(27-3)20(12-17)28-4)24-13-18-14-29-21(25-18)16-8-6-15(2)7-9-16/h6-12,14H,5,13H2,1-4H3,(H2,23,24,26). The van der Waals surface area contributed by atoms with Crippen molar-refractivity contribution in [3.05, 3.63) is 60.0 Å². The van der Waals surface area contributed by atoms with Crippen molar-refractivity contribution in [1.82, 2.24) is 10.3 Å². The van der Waals surface area contributed by atoms with Gasteiger partial charge in [-0.05, 0) is 38.1 Å². The lowest BCUT2D eigenvalue weighted by Crippen LogP contribution is -2.30. The van der Waals surface area contributed by atoms with Crippen molar-refractivity contribution in [1.29, 1.82) is 0 Å². The molecule has 3 rings (SSSR count). The van der Waals surface area contributed by atoms with E-state index in [0.717, 1.165) is 23.5 Å². The van der Waals surface area contributed by atoms with Gasteiger partial charge < -0.3 is 24.5 Å². The topological polar surface area (TPSA) is 80.9 Å². The van der Waals surface area contributed by atoms with Gasteiger partial charge in [0, 0.05) is 23.9 Å². The summed E-state index contributed by atoms with van der Waals surface area (Å²) in [6.07, 6.45) is 1.64. The van der Waals surface area contributed by atoms with Crippen molar-refractivity contribution in [2.75, 3.05) is 26.1 Å². The van der Waals surface area contributed by atoms with Crippen molar-refractivity contribution in [2.45, 2.75) is 20.4 Å². The first-order valence-electron chi connectivity index (χ1n) is 9.41. The Balaban J connectivity index is 1.72. The van der Waals surface area contributed by atoms with Gasteiger partial charge in [-0.2, -0.15) is 0 Å². The molecule has 29 heavy (non-hydrogen) atoms. The number of hydrogen-bond acceptors (Lipinski definition) is 5. The summed E-state index contributed by atoms with van der Waals surface area (Å²) in [4.78, 5) is 9.13. The van der Waals surface area contributed by atoms with Crippen LogP contribution in [0.4, 0.5) is 5.69 Å². The Hall–Kier alpha value is -3.48. The number of aliphatic imine (C=N–C) groups is 1. The lowest BCUT2D eigenvalue weighted by Gasteiger charge is -2.13. The molecule has 0 aliphatic carbocycles. The molecule has 152 valence electrons. The average Bonchev–Trinajstić information content (AvgIpc) is 3.21. The number of nitrogens with zero attached hydrogens (tertiary/aromatic N) is 2. The predicted octanol–water partition coefficient (Wildman–Crippen LogP) is 4.24. The Morgan fingerprint density at radius 2 is 1.83 bits per heavy atom. The van der Waals surface area contributed by atoms with E-state index in [2.05, 4.69) is 20.6 Å². The maximum absolute atomic E-state index is 5.61. The van der Waals surface area contributed by atoms with Gasteiger partial charge in [-0.3, -0.25) is 0 Å². The molecule has 0 atom stereocenters. The third-order valence-electron chi connectivity index (χ3n) is 4.24. The van der Waals surface area contributed by atoms with E-state index in [0.29, 0.717) is 29.9 Å². The summed E-state index contributed by atoms with van der Waals surface area (Å²) >= 11 is 0. The molecule has 0 bridgehead atoms. The van der Waals surface area contributed by atoms with E-state index < -0.39 is 0 Å². The van der Waals surface area contributed by atoms with Gasteiger partial charge in [0.1, 0.15) is 12.0 Å². The van der Waals surface area contributed by atoms with Gasteiger partial charge in [0.15, 0.2) is 17.5 Å². The molecule has 0 saturated carbocycles. The van der Waals surface area contributed by atoms with Gasteiger partial charge in [0.2, 0.25) is 5.89 Å². The number of aryl methyl sites for hydroxylation is 1. The number of aromatic nitrogens is 1. The number of rotatable bonds is 7. The molecule has 0 unspecified atom stereocenters. The molecule has 0 radical (unpaired) electrons. The summed E-state index contributed by atoms with van der Waals surface area (Å²) in [6.45, 7) is 5.18. The first-order chi connectivity index (χ1) is 14.1. The van der Waals surface area contributed by atoms with Crippen molar-refractivity contribution < 1.29 is 13.9 Å². The Kier molecular flexibility index (Phi) is 6.73. The lowest BCUT2D eigenvalue weighted by atomic mass is 10.1. The fourth-order valence-corrected chi connectivity index (χ4v) is 2.73. The van der Waals surface area contributed by atoms with E-state index in [9.17, 15) is 0 Å². The van der Waals surface area contributed by atoms with Crippen LogP contribution in [0.15, 0.2) is 58.1 Å². The highest BCUT2D eigenvalue weighted by atomic mass is 16.5. The molecule has 0 aliphatic heterocycles. The Labute approximate surface area is 170 Å². The largest absolute Gasteiger partial charge is 0.493 e. The monoisotopic (exact) mass is 394 g/mol.